The summed E-state index contributed by atoms with van der Waals surface area (Å²) in [5, 5.41) is 9.58. The van der Waals surface area contributed by atoms with Crippen LogP contribution in [0, 0.1) is 6.92 Å². The molecule has 0 aliphatic rings. The minimum atomic E-state index is -0.793. The summed E-state index contributed by atoms with van der Waals surface area (Å²) >= 11 is 0. The summed E-state index contributed by atoms with van der Waals surface area (Å²) in [6.07, 6.45) is 1.47. The molecule has 1 unspecified atom stereocenters. The number of hydrogen-bond acceptors (Lipinski definition) is 3. The molecule has 2 aromatic rings. The number of hydrogen-bond donors (Lipinski definition) is 1. The third-order valence-electron chi connectivity index (χ3n) is 2.71. The van der Waals surface area contributed by atoms with Gasteiger partial charge in [-0.3, -0.25) is 4.98 Å². The lowest BCUT2D eigenvalue weighted by molar-refractivity contribution is -0.0189. The fourth-order valence-corrected chi connectivity index (χ4v) is 1.64. The first-order valence-electron chi connectivity index (χ1n) is 6.07. The number of aryl methyl sites for hydroxylation is 1. The third kappa shape index (κ3) is 2.87. The molecule has 0 spiro atoms. The quantitative estimate of drug-likeness (QED) is 0.839. The van der Waals surface area contributed by atoms with Crippen molar-refractivity contribution in [1.29, 1.82) is 0 Å². The maximum absolute atomic E-state index is 9.58. The highest BCUT2D eigenvalue weighted by molar-refractivity contribution is 5.66. The van der Waals surface area contributed by atoms with Gasteiger partial charge in [-0.1, -0.05) is 36.8 Å². The van der Waals surface area contributed by atoms with E-state index in [1.807, 2.05) is 44.2 Å². The summed E-state index contributed by atoms with van der Waals surface area (Å²) in [5.41, 5.74) is 2.94. The first kappa shape index (κ1) is 12.6. The molecule has 0 bridgehead atoms. The van der Waals surface area contributed by atoms with Crippen molar-refractivity contribution in [3.63, 3.8) is 0 Å². The maximum atomic E-state index is 9.58. The van der Waals surface area contributed by atoms with Crippen LogP contribution in [0.2, 0.25) is 0 Å². The van der Waals surface area contributed by atoms with Gasteiger partial charge in [-0.05, 0) is 19.1 Å². The SMILES string of the molecule is CCC(O)Oc1cccnc1-c1ccc(C)cc1. The van der Waals surface area contributed by atoms with Gasteiger partial charge in [-0.25, -0.2) is 0 Å². The molecular weight excluding hydrogens is 226 g/mol. The van der Waals surface area contributed by atoms with Crippen LogP contribution in [-0.4, -0.2) is 16.4 Å². The van der Waals surface area contributed by atoms with Gasteiger partial charge in [0.15, 0.2) is 6.29 Å². The van der Waals surface area contributed by atoms with Crippen LogP contribution < -0.4 is 4.74 Å². The minimum absolute atomic E-state index is 0.544. The highest BCUT2D eigenvalue weighted by Crippen LogP contribution is 2.28. The summed E-state index contributed by atoms with van der Waals surface area (Å²) in [4.78, 5) is 4.33. The Hall–Kier alpha value is -1.87. The second kappa shape index (κ2) is 5.65. The summed E-state index contributed by atoms with van der Waals surface area (Å²) in [6.45, 7) is 3.91. The van der Waals surface area contributed by atoms with Crippen LogP contribution >= 0.6 is 0 Å². The van der Waals surface area contributed by atoms with Crippen LogP contribution in [0.5, 0.6) is 5.75 Å². The van der Waals surface area contributed by atoms with E-state index in [4.69, 9.17) is 4.74 Å². The molecule has 0 aliphatic heterocycles. The molecule has 18 heavy (non-hydrogen) atoms. The van der Waals surface area contributed by atoms with Crippen molar-refractivity contribution in [3.8, 4) is 17.0 Å². The first-order valence-corrected chi connectivity index (χ1v) is 6.07. The number of aliphatic hydroxyl groups is 1. The molecule has 1 atom stereocenters. The molecule has 1 N–H and O–H groups in total. The second-order valence-corrected chi connectivity index (χ2v) is 4.20. The fraction of sp³-hybridized carbons (Fsp3) is 0.267. The van der Waals surface area contributed by atoms with Crippen molar-refractivity contribution in [3.05, 3.63) is 48.2 Å². The van der Waals surface area contributed by atoms with Crippen molar-refractivity contribution in [1.82, 2.24) is 4.98 Å². The van der Waals surface area contributed by atoms with Gasteiger partial charge < -0.3 is 9.84 Å². The van der Waals surface area contributed by atoms with Crippen LogP contribution in [0.15, 0.2) is 42.6 Å². The fourth-order valence-electron chi connectivity index (χ4n) is 1.64. The molecule has 3 heteroatoms. The lowest BCUT2D eigenvalue weighted by atomic mass is 10.1. The largest absolute Gasteiger partial charge is 0.463 e. The Balaban J connectivity index is 2.35. The Bertz CT molecular complexity index is 508. The third-order valence-corrected chi connectivity index (χ3v) is 2.71. The Labute approximate surface area is 107 Å². The van der Waals surface area contributed by atoms with Crippen molar-refractivity contribution >= 4 is 0 Å². The molecule has 0 saturated carbocycles. The number of aromatic nitrogens is 1. The normalized spacial score (nSPS) is 12.2. The molecule has 3 nitrogen and oxygen atoms in total. The first-order chi connectivity index (χ1) is 8.70. The molecule has 0 radical (unpaired) electrons. The monoisotopic (exact) mass is 243 g/mol. The number of rotatable bonds is 4. The van der Waals surface area contributed by atoms with Crippen molar-refractivity contribution < 1.29 is 9.84 Å². The summed E-state index contributed by atoms with van der Waals surface area (Å²) in [6, 6.07) is 11.7. The lowest BCUT2D eigenvalue weighted by Crippen LogP contribution is -2.14. The Morgan fingerprint density at radius 1 is 1.22 bits per heavy atom. The molecular formula is C15H17NO2. The molecule has 0 saturated heterocycles. The summed E-state index contributed by atoms with van der Waals surface area (Å²) in [7, 11) is 0. The molecule has 0 aliphatic carbocycles. The number of aliphatic hydroxyl groups excluding tert-OH is 1. The highest BCUT2D eigenvalue weighted by Gasteiger charge is 2.10. The van der Waals surface area contributed by atoms with E-state index in [-0.39, 0.29) is 0 Å². The van der Waals surface area contributed by atoms with Crippen molar-refractivity contribution in [2.45, 2.75) is 26.6 Å². The van der Waals surface area contributed by atoms with Gasteiger partial charge in [0.2, 0.25) is 0 Å². The number of ether oxygens (including phenoxy) is 1. The van der Waals surface area contributed by atoms with Gasteiger partial charge in [0, 0.05) is 18.2 Å². The highest BCUT2D eigenvalue weighted by atomic mass is 16.6. The molecule has 1 aromatic carbocycles. The van der Waals surface area contributed by atoms with E-state index in [0.29, 0.717) is 12.2 Å². The predicted molar refractivity (Wildman–Crippen MR) is 71.3 cm³/mol. The average Bonchev–Trinajstić information content (AvgIpc) is 2.40. The van der Waals surface area contributed by atoms with Gasteiger partial charge in [0.25, 0.3) is 0 Å². The van der Waals surface area contributed by atoms with Crippen LogP contribution in [0.1, 0.15) is 18.9 Å². The zero-order chi connectivity index (χ0) is 13.0. The van der Waals surface area contributed by atoms with Crippen molar-refractivity contribution in [2.24, 2.45) is 0 Å². The van der Waals surface area contributed by atoms with Gasteiger partial charge >= 0.3 is 0 Å². The molecule has 1 aromatic heterocycles. The number of nitrogens with zero attached hydrogens (tertiary/aromatic N) is 1. The van der Waals surface area contributed by atoms with Crippen LogP contribution in [0.3, 0.4) is 0 Å². The Kier molecular flexibility index (Phi) is 3.95. The summed E-state index contributed by atoms with van der Waals surface area (Å²) in [5.74, 6) is 0.607. The molecule has 1 heterocycles. The van der Waals surface area contributed by atoms with Crippen molar-refractivity contribution in [2.75, 3.05) is 0 Å². The zero-order valence-electron chi connectivity index (χ0n) is 10.6. The topological polar surface area (TPSA) is 42.4 Å². The molecule has 2 rings (SSSR count). The van der Waals surface area contributed by atoms with Gasteiger partial charge in [-0.15, -0.1) is 0 Å². The van der Waals surface area contributed by atoms with Gasteiger partial charge in [0.1, 0.15) is 11.4 Å². The van der Waals surface area contributed by atoms with Crippen LogP contribution in [-0.2, 0) is 0 Å². The predicted octanol–water partition coefficient (Wildman–Crippen LogP) is 3.16. The van der Waals surface area contributed by atoms with E-state index in [0.717, 1.165) is 11.3 Å². The van der Waals surface area contributed by atoms with Gasteiger partial charge in [-0.2, -0.15) is 0 Å². The summed E-state index contributed by atoms with van der Waals surface area (Å²) < 4.78 is 5.47. The average molecular weight is 243 g/mol. The maximum Gasteiger partial charge on any atom is 0.197 e. The van der Waals surface area contributed by atoms with Crippen LogP contribution in [0.4, 0.5) is 0 Å². The molecule has 94 valence electrons. The lowest BCUT2D eigenvalue weighted by Gasteiger charge is -2.14. The van der Waals surface area contributed by atoms with E-state index in [2.05, 4.69) is 4.98 Å². The van der Waals surface area contributed by atoms with Crippen LogP contribution in [0.25, 0.3) is 11.3 Å². The van der Waals surface area contributed by atoms with E-state index < -0.39 is 6.29 Å². The molecule has 0 amide bonds. The molecule has 0 fully saturated rings. The number of benzene rings is 1. The Morgan fingerprint density at radius 3 is 2.61 bits per heavy atom. The Morgan fingerprint density at radius 2 is 1.94 bits per heavy atom. The smallest absolute Gasteiger partial charge is 0.197 e. The van der Waals surface area contributed by atoms with E-state index in [9.17, 15) is 5.11 Å². The van der Waals surface area contributed by atoms with E-state index >= 15 is 0 Å². The van der Waals surface area contributed by atoms with Gasteiger partial charge in [0.05, 0.1) is 0 Å². The standard InChI is InChI=1S/C15H17NO2/c1-3-14(17)18-13-5-4-10-16-15(13)12-8-6-11(2)7-9-12/h4-10,14,17H,3H2,1-2H3. The van der Waals surface area contributed by atoms with E-state index in [1.54, 1.807) is 12.3 Å². The second-order valence-electron chi connectivity index (χ2n) is 4.20. The van der Waals surface area contributed by atoms with E-state index in [1.165, 1.54) is 5.56 Å². The number of pyridine rings is 1. The zero-order valence-corrected chi connectivity index (χ0v) is 10.6. The minimum Gasteiger partial charge on any atom is -0.463 e.